The minimum Gasteiger partial charge on any atom is -0.444 e. The molecule has 0 saturated carbocycles. The van der Waals surface area contributed by atoms with Crippen LogP contribution >= 0.6 is 11.6 Å². The Bertz CT molecular complexity index is 379. The van der Waals surface area contributed by atoms with Crippen molar-refractivity contribution >= 4 is 17.7 Å². The average Bonchev–Trinajstić information content (AvgIpc) is 2.59. The lowest BCUT2D eigenvalue weighted by Crippen LogP contribution is -2.45. The summed E-state index contributed by atoms with van der Waals surface area (Å²) < 4.78 is 5.57. The summed E-state index contributed by atoms with van der Waals surface area (Å²) in [4.78, 5) is 14.4. The molecule has 0 aromatic carbocycles. The van der Waals surface area contributed by atoms with Gasteiger partial charge in [-0.05, 0) is 47.0 Å². The number of carbonyl (C=O) groups is 1. The van der Waals surface area contributed by atoms with Gasteiger partial charge in [-0.2, -0.15) is 0 Å². The molecule has 1 N–H and O–H groups in total. The van der Waals surface area contributed by atoms with Gasteiger partial charge in [-0.1, -0.05) is 31.0 Å². The Hall–Kier alpha value is -0.740. The molecule has 2 unspecified atom stereocenters. The van der Waals surface area contributed by atoms with Crippen LogP contribution in [0, 0.1) is 0 Å². The third kappa shape index (κ3) is 7.50. The van der Waals surface area contributed by atoms with E-state index in [2.05, 4.69) is 18.8 Å². The monoisotopic (exact) mass is 330 g/mol. The molecule has 128 valence electrons. The van der Waals surface area contributed by atoms with E-state index >= 15 is 0 Å². The summed E-state index contributed by atoms with van der Waals surface area (Å²) in [6.45, 7) is 12.9. The summed E-state index contributed by atoms with van der Waals surface area (Å²) in [7, 11) is 0. The summed E-state index contributed by atoms with van der Waals surface area (Å²) in [6, 6.07) is 0.506. The normalized spacial score (nSPS) is 21.1. The maximum Gasteiger partial charge on any atom is 0.410 e. The Balaban J connectivity index is 2.65. The van der Waals surface area contributed by atoms with Gasteiger partial charge < -0.3 is 15.0 Å². The Kier molecular flexibility index (Phi) is 7.70. The van der Waals surface area contributed by atoms with Crippen molar-refractivity contribution < 1.29 is 9.53 Å². The van der Waals surface area contributed by atoms with Crippen molar-refractivity contribution in [1.29, 1.82) is 0 Å². The van der Waals surface area contributed by atoms with E-state index in [4.69, 9.17) is 16.3 Å². The van der Waals surface area contributed by atoms with Gasteiger partial charge in [0.05, 0.1) is 0 Å². The second-order valence-electron chi connectivity index (χ2n) is 7.21. The number of amides is 1. The van der Waals surface area contributed by atoms with Crippen molar-refractivity contribution in [1.82, 2.24) is 10.2 Å². The Morgan fingerprint density at radius 1 is 1.41 bits per heavy atom. The number of rotatable bonds is 5. The number of hydrogen-bond donors (Lipinski definition) is 1. The van der Waals surface area contributed by atoms with Crippen LogP contribution < -0.4 is 5.32 Å². The SMILES string of the molecule is C=C(Cl)CNC(C)CC1CCCCCN1C(=O)OC(C)(C)C. The summed E-state index contributed by atoms with van der Waals surface area (Å²) in [6.07, 6.45) is 5.15. The lowest BCUT2D eigenvalue weighted by Gasteiger charge is -2.33. The fourth-order valence-electron chi connectivity index (χ4n) is 2.76. The highest BCUT2D eigenvalue weighted by Gasteiger charge is 2.30. The molecule has 0 bridgehead atoms. The lowest BCUT2D eigenvalue weighted by atomic mass is 10.0. The Morgan fingerprint density at radius 3 is 2.68 bits per heavy atom. The molecule has 4 nitrogen and oxygen atoms in total. The van der Waals surface area contributed by atoms with Crippen molar-refractivity contribution in [2.45, 2.75) is 77.5 Å². The first-order valence-electron chi connectivity index (χ1n) is 8.25. The molecule has 5 heteroatoms. The lowest BCUT2D eigenvalue weighted by molar-refractivity contribution is 0.0150. The average molecular weight is 331 g/mol. The fourth-order valence-corrected chi connectivity index (χ4v) is 2.84. The molecule has 1 fully saturated rings. The molecule has 1 amide bonds. The number of halogens is 1. The summed E-state index contributed by atoms with van der Waals surface area (Å²) in [5.74, 6) is 0. The summed E-state index contributed by atoms with van der Waals surface area (Å²) >= 11 is 5.80. The third-order valence-corrected chi connectivity index (χ3v) is 3.91. The number of carbonyl (C=O) groups excluding carboxylic acids is 1. The van der Waals surface area contributed by atoms with Crippen molar-refractivity contribution in [3.63, 3.8) is 0 Å². The topological polar surface area (TPSA) is 41.6 Å². The van der Waals surface area contributed by atoms with Gasteiger partial charge in [0, 0.05) is 30.2 Å². The van der Waals surface area contributed by atoms with Gasteiger partial charge in [0.1, 0.15) is 5.60 Å². The van der Waals surface area contributed by atoms with E-state index in [0.29, 0.717) is 11.6 Å². The van der Waals surface area contributed by atoms with Crippen LogP contribution in [0.2, 0.25) is 0 Å². The van der Waals surface area contributed by atoms with Crippen molar-refractivity contribution in [3.8, 4) is 0 Å². The van der Waals surface area contributed by atoms with Crippen molar-refractivity contribution in [3.05, 3.63) is 11.6 Å². The minimum absolute atomic E-state index is 0.187. The second-order valence-corrected chi connectivity index (χ2v) is 7.75. The molecular formula is C17H31ClN2O2. The highest BCUT2D eigenvalue weighted by Crippen LogP contribution is 2.23. The third-order valence-electron chi connectivity index (χ3n) is 3.77. The van der Waals surface area contributed by atoms with Gasteiger partial charge >= 0.3 is 6.09 Å². The highest BCUT2D eigenvalue weighted by atomic mass is 35.5. The minimum atomic E-state index is -0.450. The molecule has 0 aliphatic carbocycles. The predicted molar refractivity (Wildman–Crippen MR) is 92.3 cm³/mol. The second kappa shape index (κ2) is 8.78. The number of nitrogens with zero attached hydrogens (tertiary/aromatic N) is 1. The van der Waals surface area contributed by atoms with Crippen LogP contribution in [-0.4, -0.2) is 41.8 Å². The number of nitrogens with one attached hydrogen (secondary N) is 1. The van der Waals surface area contributed by atoms with E-state index in [0.717, 1.165) is 25.8 Å². The zero-order chi connectivity index (χ0) is 16.8. The molecule has 0 aromatic rings. The molecule has 22 heavy (non-hydrogen) atoms. The zero-order valence-corrected chi connectivity index (χ0v) is 15.2. The number of ether oxygens (including phenoxy) is 1. The fraction of sp³-hybridized carbons (Fsp3) is 0.824. The molecule has 0 radical (unpaired) electrons. The van der Waals surface area contributed by atoms with Crippen LogP contribution in [-0.2, 0) is 4.74 Å². The zero-order valence-electron chi connectivity index (χ0n) is 14.5. The maximum absolute atomic E-state index is 12.5. The molecule has 0 spiro atoms. The van der Waals surface area contributed by atoms with E-state index in [1.165, 1.54) is 12.8 Å². The van der Waals surface area contributed by atoms with Gasteiger partial charge in [0.15, 0.2) is 0 Å². The summed E-state index contributed by atoms with van der Waals surface area (Å²) in [5.41, 5.74) is -0.450. The Morgan fingerprint density at radius 2 is 2.09 bits per heavy atom. The first-order valence-corrected chi connectivity index (χ1v) is 8.63. The van der Waals surface area contributed by atoms with E-state index in [1.807, 2.05) is 25.7 Å². The van der Waals surface area contributed by atoms with Gasteiger partial charge in [0.25, 0.3) is 0 Å². The molecule has 1 rings (SSSR count). The van der Waals surface area contributed by atoms with Crippen LogP contribution in [0.5, 0.6) is 0 Å². The molecular weight excluding hydrogens is 300 g/mol. The van der Waals surface area contributed by atoms with E-state index < -0.39 is 5.60 Å². The largest absolute Gasteiger partial charge is 0.444 e. The van der Waals surface area contributed by atoms with Crippen LogP contribution in [0.1, 0.15) is 59.8 Å². The first-order chi connectivity index (χ1) is 10.2. The smallest absolute Gasteiger partial charge is 0.410 e. The summed E-state index contributed by atoms with van der Waals surface area (Å²) in [5, 5.41) is 3.96. The maximum atomic E-state index is 12.5. The van der Waals surface area contributed by atoms with Gasteiger partial charge in [0.2, 0.25) is 0 Å². The van der Waals surface area contributed by atoms with E-state index in [-0.39, 0.29) is 18.2 Å². The molecule has 1 aliphatic rings. The van der Waals surface area contributed by atoms with Crippen molar-refractivity contribution in [2.75, 3.05) is 13.1 Å². The van der Waals surface area contributed by atoms with Gasteiger partial charge in [-0.25, -0.2) is 4.79 Å². The van der Waals surface area contributed by atoms with Crippen LogP contribution in [0.3, 0.4) is 0 Å². The van der Waals surface area contributed by atoms with Crippen LogP contribution in [0.15, 0.2) is 11.6 Å². The number of hydrogen-bond acceptors (Lipinski definition) is 3. The van der Waals surface area contributed by atoms with Crippen LogP contribution in [0.4, 0.5) is 4.79 Å². The standard InChI is InChI=1S/C17H31ClN2O2/c1-13(18)12-19-14(2)11-15-9-7-6-8-10-20(15)16(21)22-17(3,4)5/h14-15,19H,1,6-12H2,2-5H3. The van der Waals surface area contributed by atoms with Crippen LogP contribution in [0.25, 0.3) is 0 Å². The molecule has 1 saturated heterocycles. The molecule has 1 aliphatic heterocycles. The van der Waals surface area contributed by atoms with E-state index in [1.54, 1.807) is 0 Å². The van der Waals surface area contributed by atoms with E-state index in [9.17, 15) is 4.79 Å². The molecule has 0 aromatic heterocycles. The quantitative estimate of drug-likeness (QED) is 0.817. The van der Waals surface area contributed by atoms with Gasteiger partial charge in [-0.15, -0.1) is 0 Å². The van der Waals surface area contributed by atoms with Gasteiger partial charge in [-0.3, -0.25) is 0 Å². The van der Waals surface area contributed by atoms with Crippen molar-refractivity contribution in [2.24, 2.45) is 0 Å². The predicted octanol–water partition coefficient (Wildman–Crippen LogP) is 4.29. The first kappa shape index (κ1) is 19.3. The Labute approximate surface area is 140 Å². The molecule has 2 atom stereocenters. The number of likely N-dealkylation sites (tertiary alicyclic amines) is 1. The highest BCUT2D eigenvalue weighted by molar-refractivity contribution is 6.29. The molecule has 1 heterocycles.